The average molecular weight is 483 g/mol. The molecule has 3 rings (SSSR count). The summed E-state index contributed by atoms with van der Waals surface area (Å²) in [6.45, 7) is 0. The van der Waals surface area contributed by atoms with Gasteiger partial charge in [0.25, 0.3) is 5.69 Å². The van der Waals surface area contributed by atoms with Crippen LogP contribution in [0.2, 0.25) is 0 Å². The first kappa shape index (κ1) is 23.7. The fraction of sp³-hybridized carbons (Fsp3) is 0. The zero-order valence-electron chi connectivity index (χ0n) is 14.9. The van der Waals surface area contributed by atoms with E-state index in [1.807, 2.05) is 36.4 Å². The summed E-state index contributed by atoms with van der Waals surface area (Å²) in [7, 11) is 0. The predicted octanol–water partition coefficient (Wildman–Crippen LogP) is 1.33. The zero-order chi connectivity index (χ0) is 19.1. The third kappa shape index (κ3) is 6.95. The molecule has 0 atom stereocenters. The van der Waals surface area contributed by atoms with E-state index in [1.54, 1.807) is 24.3 Å². The van der Waals surface area contributed by atoms with Crippen LogP contribution in [0.1, 0.15) is 27.8 Å². The summed E-state index contributed by atoms with van der Waals surface area (Å²) in [5, 5.41) is 10.6. The van der Waals surface area contributed by atoms with Crippen LogP contribution < -0.4 is 12.4 Å². The quantitative estimate of drug-likeness (QED) is 0.227. The minimum atomic E-state index is -0.433. The standard InChI is InChI=1S/C24H12NO2.ClH.Ru/c1-2-19-3-5-20(6-4-19)7-8-21-9-11-22(12-10-21)13-14-23-15-17-24(18-16-23)25(26)27;;/h3-6,9-12,15-18H;1H;/q;;+1/p-1. The second-order valence-electron chi connectivity index (χ2n) is 5.58. The van der Waals surface area contributed by atoms with Crippen molar-refractivity contribution in [2.24, 2.45) is 0 Å². The van der Waals surface area contributed by atoms with Crippen LogP contribution in [0.5, 0.6) is 0 Å². The molecule has 3 aromatic rings. The molecule has 29 heavy (non-hydrogen) atoms. The molecule has 140 valence electrons. The maximum absolute atomic E-state index is 10.6. The summed E-state index contributed by atoms with van der Waals surface area (Å²) in [4.78, 5) is 10.2. The van der Waals surface area contributed by atoms with E-state index in [4.69, 9.17) is 6.42 Å². The maximum atomic E-state index is 10.6. The average Bonchev–Trinajstić information content (AvgIpc) is 2.72. The number of nitrogens with zero attached hydrogens (tertiary/aromatic N) is 1. The van der Waals surface area contributed by atoms with Crippen LogP contribution in [-0.4, -0.2) is 4.92 Å². The summed E-state index contributed by atoms with van der Waals surface area (Å²) in [6.07, 6.45) is 7.06. The van der Waals surface area contributed by atoms with Gasteiger partial charge >= 0.3 is 19.5 Å². The van der Waals surface area contributed by atoms with Gasteiger partial charge in [0, 0.05) is 39.9 Å². The topological polar surface area (TPSA) is 43.1 Å². The van der Waals surface area contributed by atoms with E-state index in [2.05, 4.69) is 29.6 Å². The number of nitro benzene ring substituents is 1. The molecule has 0 unspecified atom stereocenters. The zero-order valence-corrected chi connectivity index (χ0v) is 17.4. The van der Waals surface area contributed by atoms with Crippen molar-refractivity contribution in [1.82, 2.24) is 0 Å². The van der Waals surface area contributed by atoms with Crippen LogP contribution in [-0.2, 0) is 19.5 Å². The van der Waals surface area contributed by atoms with E-state index in [1.165, 1.54) is 12.1 Å². The number of non-ortho nitro benzene ring substituents is 1. The van der Waals surface area contributed by atoms with Gasteiger partial charge < -0.3 is 12.4 Å². The number of hydrogen-bond donors (Lipinski definition) is 0. The van der Waals surface area contributed by atoms with Gasteiger partial charge in [-0.2, -0.15) is 0 Å². The SMILES string of the molecule is [C]#Cc1ccc(C#Cc2ccc(C#Cc3ccc([N+](=O)[O-])cc3)cc2)cc1.[Cl-].[Ru+]. The van der Waals surface area contributed by atoms with Gasteiger partial charge in [-0.3, -0.25) is 10.1 Å². The van der Waals surface area contributed by atoms with Gasteiger partial charge in [0.2, 0.25) is 0 Å². The third-order valence-electron chi connectivity index (χ3n) is 3.69. The number of nitro groups is 1. The number of rotatable bonds is 1. The first-order chi connectivity index (χ1) is 13.1. The van der Waals surface area contributed by atoms with Crippen molar-refractivity contribution in [2.45, 2.75) is 0 Å². The van der Waals surface area contributed by atoms with Crippen molar-refractivity contribution >= 4 is 5.69 Å². The van der Waals surface area contributed by atoms with Gasteiger partial charge in [-0.15, -0.1) is 0 Å². The van der Waals surface area contributed by atoms with E-state index in [9.17, 15) is 10.1 Å². The van der Waals surface area contributed by atoms with Gasteiger partial charge in [0.05, 0.1) is 4.92 Å². The van der Waals surface area contributed by atoms with Gasteiger partial charge in [-0.1, -0.05) is 29.6 Å². The molecule has 0 N–H and O–H groups in total. The molecule has 0 spiro atoms. The first-order valence-corrected chi connectivity index (χ1v) is 8.05. The van der Waals surface area contributed by atoms with E-state index in [0.717, 1.165) is 27.8 Å². The second-order valence-corrected chi connectivity index (χ2v) is 5.58. The van der Waals surface area contributed by atoms with E-state index in [0.29, 0.717) is 0 Å². The van der Waals surface area contributed by atoms with Crippen LogP contribution in [0.4, 0.5) is 5.69 Å². The van der Waals surface area contributed by atoms with Crippen LogP contribution in [0.15, 0.2) is 72.8 Å². The molecule has 0 aliphatic rings. The Balaban J connectivity index is 0.00000210. The molecule has 0 saturated heterocycles. The molecule has 5 heteroatoms. The molecule has 3 nitrogen and oxygen atoms in total. The van der Waals surface area contributed by atoms with E-state index < -0.39 is 4.92 Å². The molecular weight excluding hydrogens is 471 g/mol. The van der Waals surface area contributed by atoms with Crippen molar-refractivity contribution in [2.75, 3.05) is 0 Å². The number of halogens is 1. The van der Waals surface area contributed by atoms with E-state index >= 15 is 0 Å². The minimum Gasteiger partial charge on any atom is -1.00 e. The molecule has 0 fully saturated rings. The Kier molecular flexibility index (Phi) is 9.38. The van der Waals surface area contributed by atoms with Crippen molar-refractivity contribution in [3.8, 4) is 29.6 Å². The van der Waals surface area contributed by atoms with Crippen molar-refractivity contribution in [3.63, 3.8) is 0 Å². The molecule has 0 heterocycles. The Bertz CT molecular complexity index is 1140. The molecule has 0 aromatic heterocycles. The van der Waals surface area contributed by atoms with Crippen molar-refractivity contribution in [1.29, 1.82) is 0 Å². The molecule has 0 amide bonds. The molecule has 3 aromatic carbocycles. The second kappa shape index (κ2) is 11.5. The maximum Gasteiger partial charge on any atom is 1.00 e. The Labute approximate surface area is 188 Å². The minimum absolute atomic E-state index is 0. The van der Waals surface area contributed by atoms with Crippen LogP contribution in [0, 0.1) is 46.1 Å². The smallest absolute Gasteiger partial charge is 1.00 e. The van der Waals surface area contributed by atoms with Gasteiger partial charge in [0.15, 0.2) is 0 Å². The van der Waals surface area contributed by atoms with Crippen LogP contribution in [0.25, 0.3) is 0 Å². The van der Waals surface area contributed by atoms with E-state index in [-0.39, 0.29) is 37.6 Å². The summed E-state index contributed by atoms with van der Waals surface area (Å²) < 4.78 is 0. The number of benzene rings is 3. The Hall–Kier alpha value is -3.35. The monoisotopic (exact) mass is 483 g/mol. The molecule has 0 saturated carbocycles. The van der Waals surface area contributed by atoms with Gasteiger partial charge in [-0.25, -0.2) is 0 Å². The summed E-state index contributed by atoms with van der Waals surface area (Å²) >= 11 is 0. The Morgan fingerprint density at radius 2 is 0.897 bits per heavy atom. The normalized spacial score (nSPS) is 8.52. The fourth-order valence-corrected chi connectivity index (χ4v) is 2.23. The first-order valence-electron chi connectivity index (χ1n) is 8.05. The van der Waals surface area contributed by atoms with Crippen molar-refractivity contribution in [3.05, 3.63) is 117 Å². The molecule has 2 radical (unpaired) electrons. The Morgan fingerprint density at radius 1 is 0.621 bits per heavy atom. The molecule has 0 aliphatic heterocycles. The summed E-state index contributed by atoms with van der Waals surface area (Å²) in [5.74, 6) is 14.5. The molecular formula is C24H12ClNO2Ru. The fourth-order valence-electron chi connectivity index (χ4n) is 2.23. The van der Waals surface area contributed by atoms with Gasteiger partial charge in [0.1, 0.15) is 0 Å². The third-order valence-corrected chi connectivity index (χ3v) is 3.69. The molecule has 0 aliphatic carbocycles. The van der Waals surface area contributed by atoms with Crippen LogP contribution >= 0.6 is 0 Å². The number of hydrogen-bond acceptors (Lipinski definition) is 2. The van der Waals surface area contributed by atoms with Crippen LogP contribution in [0.3, 0.4) is 0 Å². The largest absolute Gasteiger partial charge is 1.00 e. The summed E-state index contributed by atoms with van der Waals surface area (Å²) in [5.41, 5.74) is 4.07. The van der Waals surface area contributed by atoms with Crippen molar-refractivity contribution < 1.29 is 36.8 Å². The molecule has 0 bridgehead atoms. The van der Waals surface area contributed by atoms with Gasteiger partial charge in [-0.05, 0) is 67.1 Å². The predicted molar refractivity (Wildman–Crippen MR) is 104 cm³/mol. The Morgan fingerprint density at radius 3 is 1.17 bits per heavy atom. The summed E-state index contributed by atoms with van der Waals surface area (Å²) in [6, 6.07) is 21.0.